The number of benzene rings is 2. The van der Waals surface area contributed by atoms with Gasteiger partial charge in [0.1, 0.15) is 11.6 Å². The number of amides is 2. The van der Waals surface area contributed by atoms with E-state index in [2.05, 4.69) is 4.90 Å². The van der Waals surface area contributed by atoms with Crippen molar-refractivity contribution in [3.63, 3.8) is 0 Å². The van der Waals surface area contributed by atoms with Crippen LogP contribution in [0.2, 0.25) is 0 Å². The van der Waals surface area contributed by atoms with Crippen LogP contribution in [0.25, 0.3) is 0 Å². The summed E-state index contributed by atoms with van der Waals surface area (Å²) in [5.74, 6) is 0.0918. The van der Waals surface area contributed by atoms with Gasteiger partial charge in [-0.15, -0.1) is 0 Å². The van der Waals surface area contributed by atoms with Crippen LogP contribution < -0.4 is 0 Å². The van der Waals surface area contributed by atoms with E-state index in [4.69, 9.17) is 0 Å². The molecule has 28 heavy (non-hydrogen) atoms. The molecule has 0 saturated carbocycles. The predicted molar refractivity (Wildman–Crippen MR) is 104 cm³/mol. The fraction of sp³-hybridized carbons (Fsp3) is 0.409. The van der Waals surface area contributed by atoms with Crippen LogP contribution in [0.15, 0.2) is 48.5 Å². The molecule has 4 rings (SSSR count). The number of hydrogen-bond donors (Lipinski definition) is 0. The van der Waals surface area contributed by atoms with Gasteiger partial charge in [0.15, 0.2) is 0 Å². The number of fused-ring (bicyclic) bond motifs is 1. The Balaban J connectivity index is 1.56. The van der Waals surface area contributed by atoms with Gasteiger partial charge in [-0.3, -0.25) is 4.90 Å². The maximum atomic E-state index is 13.9. The van der Waals surface area contributed by atoms with E-state index in [0.29, 0.717) is 12.5 Å². The zero-order chi connectivity index (χ0) is 19.8. The Labute approximate surface area is 164 Å². The van der Waals surface area contributed by atoms with Gasteiger partial charge in [-0.2, -0.15) is 0 Å². The van der Waals surface area contributed by atoms with Crippen LogP contribution in [0.5, 0.6) is 0 Å². The van der Waals surface area contributed by atoms with Gasteiger partial charge in [-0.05, 0) is 41.3 Å². The van der Waals surface area contributed by atoms with Crippen molar-refractivity contribution in [1.29, 1.82) is 0 Å². The molecule has 3 atom stereocenters. The highest BCUT2D eigenvalue weighted by molar-refractivity contribution is 5.75. The van der Waals surface area contributed by atoms with E-state index < -0.39 is 0 Å². The van der Waals surface area contributed by atoms with E-state index in [1.54, 1.807) is 31.1 Å². The molecule has 0 bridgehead atoms. The number of urea groups is 1. The Kier molecular flexibility index (Phi) is 5.06. The number of nitrogens with zero attached hydrogens (tertiary/aromatic N) is 3. The molecule has 2 fully saturated rings. The van der Waals surface area contributed by atoms with Gasteiger partial charge in [0, 0.05) is 46.2 Å². The molecule has 0 aromatic heterocycles. The maximum absolute atomic E-state index is 13.9. The van der Waals surface area contributed by atoms with Gasteiger partial charge in [-0.1, -0.05) is 24.3 Å². The van der Waals surface area contributed by atoms with Crippen LogP contribution in [-0.2, 0) is 6.54 Å². The minimum Gasteiger partial charge on any atom is -0.331 e. The smallest absolute Gasteiger partial charge is 0.320 e. The average molecular weight is 385 g/mol. The lowest BCUT2D eigenvalue weighted by molar-refractivity contribution is 0.151. The first-order valence-electron chi connectivity index (χ1n) is 9.62. The van der Waals surface area contributed by atoms with Crippen molar-refractivity contribution in [2.75, 3.05) is 33.7 Å². The summed E-state index contributed by atoms with van der Waals surface area (Å²) in [4.78, 5) is 18.6. The quantitative estimate of drug-likeness (QED) is 0.805. The lowest BCUT2D eigenvalue weighted by Crippen LogP contribution is -2.41. The third-order valence-electron chi connectivity index (χ3n) is 5.88. The minimum absolute atomic E-state index is 0.0336. The monoisotopic (exact) mass is 385 g/mol. The molecule has 2 aromatic carbocycles. The molecule has 4 nitrogen and oxygen atoms in total. The molecule has 0 unspecified atom stereocenters. The normalized spacial score (nSPS) is 24.4. The van der Waals surface area contributed by atoms with Crippen LogP contribution >= 0.6 is 0 Å². The summed E-state index contributed by atoms with van der Waals surface area (Å²) in [5.41, 5.74) is 1.93. The highest BCUT2D eigenvalue weighted by Crippen LogP contribution is 2.45. The summed E-state index contributed by atoms with van der Waals surface area (Å²) in [6, 6.07) is 13.0. The first-order chi connectivity index (χ1) is 13.4. The van der Waals surface area contributed by atoms with Gasteiger partial charge < -0.3 is 9.80 Å². The van der Waals surface area contributed by atoms with E-state index >= 15 is 0 Å². The first kappa shape index (κ1) is 18.9. The molecule has 0 radical (unpaired) electrons. The fourth-order valence-corrected chi connectivity index (χ4v) is 4.69. The molecule has 6 heteroatoms. The second-order valence-corrected chi connectivity index (χ2v) is 8.07. The standard InChI is InChI=1S/C22H25F2N3O/c1-25(2)22(28)27-13-17-12-26(11-15-6-8-18(23)9-7-15)14-20(17)21(27)16-4-3-5-19(24)10-16/h3-10,17,20-21H,11-14H2,1-2H3/t17-,20-,21-/m1/s1. The maximum Gasteiger partial charge on any atom is 0.320 e. The molecule has 2 saturated heterocycles. The topological polar surface area (TPSA) is 26.8 Å². The number of halogens is 2. The van der Waals surface area contributed by atoms with Crippen molar-refractivity contribution in [3.8, 4) is 0 Å². The molecule has 2 heterocycles. The van der Waals surface area contributed by atoms with Crippen molar-refractivity contribution in [2.45, 2.75) is 12.6 Å². The SMILES string of the molecule is CN(C)C(=O)N1C[C@H]2CN(Cc3ccc(F)cc3)C[C@H]2[C@H]1c1cccc(F)c1. The van der Waals surface area contributed by atoms with E-state index in [0.717, 1.165) is 30.8 Å². The van der Waals surface area contributed by atoms with Crippen LogP contribution in [0.1, 0.15) is 17.2 Å². The summed E-state index contributed by atoms with van der Waals surface area (Å²) in [5, 5.41) is 0. The van der Waals surface area contributed by atoms with E-state index in [1.807, 2.05) is 23.1 Å². The first-order valence-corrected chi connectivity index (χ1v) is 9.62. The third kappa shape index (κ3) is 3.61. The molecule has 0 aliphatic carbocycles. The summed E-state index contributed by atoms with van der Waals surface area (Å²) in [6.07, 6.45) is 0. The Morgan fingerprint density at radius 1 is 1.04 bits per heavy atom. The Morgan fingerprint density at radius 2 is 1.79 bits per heavy atom. The van der Waals surface area contributed by atoms with Crippen molar-refractivity contribution in [3.05, 3.63) is 71.3 Å². The number of carbonyl (C=O) groups excluding carboxylic acids is 1. The van der Waals surface area contributed by atoms with Crippen molar-refractivity contribution < 1.29 is 13.6 Å². The molecule has 2 amide bonds. The number of rotatable bonds is 3. The zero-order valence-corrected chi connectivity index (χ0v) is 16.2. The summed E-state index contributed by atoms with van der Waals surface area (Å²) in [6.45, 7) is 3.14. The van der Waals surface area contributed by atoms with Gasteiger partial charge in [0.25, 0.3) is 0 Å². The minimum atomic E-state index is -0.278. The molecule has 2 aromatic rings. The molecule has 0 spiro atoms. The van der Waals surface area contributed by atoms with E-state index in [9.17, 15) is 13.6 Å². The Hall–Kier alpha value is -2.47. The Bertz CT molecular complexity index is 855. The van der Waals surface area contributed by atoms with Gasteiger partial charge in [0.05, 0.1) is 6.04 Å². The van der Waals surface area contributed by atoms with Crippen molar-refractivity contribution in [1.82, 2.24) is 14.7 Å². The summed E-state index contributed by atoms with van der Waals surface area (Å²) < 4.78 is 27.1. The molecule has 2 aliphatic rings. The fourth-order valence-electron chi connectivity index (χ4n) is 4.69. The third-order valence-corrected chi connectivity index (χ3v) is 5.88. The highest BCUT2D eigenvalue weighted by Gasteiger charge is 2.49. The molecule has 0 N–H and O–H groups in total. The van der Waals surface area contributed by atoms with Crippen molar-refractivity contribution >= 4 is 6.03 Å². The van der Waals surface area contributed by atoms with Crippen LogP contribution in [0, 0.1) is 23.5 Å². The molecular formula is C22H25F2N3O. The number of likely N-dealkylation sites (tertiary alicyclic amines) is 2. The summed E-state index contributed by atoms with van der Waals surface area (Å²) >= 11 is 0. The van der Waals surface area contributed by atoms with E-state index in [1.165, 1.54) is 18.2 Å². The molecular weight excluding hydrogens is 360 g/mol. The van der Waals surface area contributed by atoms with Gasteiger partial charge >= 0.3 is 6.03 Å². The second-order valence-electron chi connectivity index (χ2n) is 8.07. The largest absolute Gasteiger partial charge is 0.331 e. The highest BCUT2D eigenvalue weighted by atomic mass is 19.1. The lowest BCUT2D eigenvalue weighted by Gasteiger charge is -2.32. The average Bonchev–Trinajstić information content (AvgIpc) is 3.19. The Morgan fingerprint density at radius 3 is 2.46 bits per heavy atom. The predicted octanol–water partition coefficient (Wildman–Crippen LogP) is 3.75. The van der Waals surface area contributed by atoms with Gasteiger partial charge in [0.2, 0.25) is 0 Å². The molecule has 148 valence electrons. The number of hydrogen-bond acceptors (Lipinski definition) is 2. The lowest BCUT2D eigenvalue weighted by atomic mass is 9.89. The van der Waals surface area contributed by atoms with Crippen LogP contribution in [-0.4, -0.2) is 54.5 Å². The zero-order valence-electron chi connectivity index (χ0n) is 16.2. The van der Waals surface area contributed by atoms with Crippen LogP contribution in [0.3, 0.4) is 0 Å². The number of carbonyl (C=O) groups is 1. The second kappa shape index (κ2) is 7.51. The van der Waals surface area contributed by atoms with E-state index in [-0.39, 0.29) is 29.6 Å². The summed E-state index contributed by atoms with van der Waals surface area (Å²) in [7, 11) is 3.50. The van der Waals surface area contributed by atoms with Gasteiger partial charge in [-0.25, -0.2) is 13.6 Å². The van der Waals surface area contributed by atoms with Crippen molar-refractivity contribution in [2.24, 2.45) is 11.8 Å². The van der Waals surface area contributed by atoms with Crippen LogP contribution in [0.4, 0.5) is 13.6 Å². The molecule has 2 aliphatic heterocycles.